The van der Waals surface area contributed by atoms with E-state index in [0.717, 1.165) is 0 Å². The lowest BCUT2D eigenvalue weighted by molar-refractivity contribution is -0.143. The number of anilines is 1. The minimum Gasteiger partial charge on any atom is -0.466 e. The summed E-state index contributed by atoms with van der Waals surface area (Å²) in [6, 6.07) is 6.36. The van der Waals surface area contributed by atoms with E-state index in [4.69, 9.17) is 10.5 Å². The second-order valence-corrected chi connectivity index (χ2v) is 4.21. The summed E-state index contributed by atoms with van der Waals surface area (Å²) in [6.45, 7) is 2.04. The van der Waals surface area contributed by atoms with Crippen molar-refractivity contribution in [3.63, 3.8) is 0 Å². The molecular weight excluding hydrogens is 274 g/mol. The van der Waals surface area contributed by atoms with Crippen molar-refractivity contribution in [2.45, 2.75) is 13.3 Å². The molecule has 7 heteroatoms. The Hall–Kier alpha value is -2.57. The molecule has 1 aromatic carbocycles. The summed E-state index contributed by atoms with van der Waals surface area (Å²) < 4.78 is 4.72. The van der Waals surface area contributed by atoms with Crippen LogP contribution in [0.1, 0.15) is 23.7 Å². The molecule has 21 heavy (non-hydrogen) atoms. The Labute approximate surface area is 122 Å². The zero-order valence-corrected chi connectivity index (χ0v) is 11.8. The Kier molecular flexibility index (Phi) is 6.73. The number of nitrogens with one attached hydrogen (secondary N) is 2. The predicted octanol–water partition coefficient (Wildman–Crippen LogP) is 0.0680. The van der Waals surface area contributed by atoms with Crippen molar-refractivity contribution in [3.05, 3.63) is 29.8 Å². The fourth-order valence-electron chi connectivity index (χ4n) is 1.50. The van der Waals surface area contributed by atoms with Crippen molar-refractivity contribution < 1.29 is 19.1 Å². The van der Waals surface area contributed by atoms with Gasteiger partial charge in [-0.15, -0.1) is 0 Å². The number of nitrogens with two attached hydrogens (primary N) is 1. The van der Waals surface area contributed by atoms with Crippen LogP contribution in [-0.4, -0.2) is 37.5 Å². The molecule has 7 nitrogen and oxygen atoms in total. The molecule has 0 spiro atoms. The molecule has 114 valence electrons. The molecule has 0 aromatic heterocycles. The first-order valence-electron chi connectivity index (χ1n) is 6.59. The van der Waals surface area contributed by atoms with Crippen molar-refractivity contribution in [2.75, 3.05) is 25.4 Å². The number of esters is 1. The van der Waals surface area contributed by atoms with Crippen LogP contribution < -0.4 is 16.4 Å². The standard InChI is InChI=1S/C14H19N3O4/c1-2-21-13(19)7-8-16-12(18)9-17-14(20)10-3-5-11(15)6-4-10/h3-6H,2,7-9,15H2,1H3,(H,16,18)(H,17,20). The van der Waals surface area contributed by atoms with E-state index in [1.807, 2.05) is 0 Å². The number of hydrogen-bond acceptors (Lipinski definition) is 5. The average molecular weight is 293 g/mol. The normalized spacial score (nSPS) is 9.76. The third-order valence-electron chi connectivity index (χ3n) is 2.54. The number of amides is 2. The van der Waals surface area contributed by atoms with Crippen molar-refractivity contribution >= 4 is 23.5 Å². The van der Waals surface area contributed by atoms with Crippen LogP contribution in [0.4, 0.5) is 5.69 Å². The van der Waals surface area contributed by atoms with Gasteiger partial charge in [0.25, 0.3) is 5.91 Å². The third kappa shape index (κ3) is 6.42. The lowest BCUT2D eigenvalue weighted by Gasteiger charge is -2.07. The van der Waals surface area contributed by atoms with Crippen LogP contribution in [0.2, 0.25) is 0 Å². The largest absolute Gasteiger partial charge is 0.466 e. The summed E-state index contributed by atoms with van der Waals surface area (Å²) in [6.07, 6.45) is 0.103. The Morgan fingerprint density at radius 1 is 1.14 bits per heavy atom. The summed E-state index contributed by atoms with van der Waals surface area (Å²) in [5.41, 5.74) is 6.49. The van der Waals surface area contributed by atoms with Crippen LogP contribution in [0.3, 0.4) is 0 Å². The van der Waals surface area contributed by atoms with Crippen LogP contribution in [0.25, 0.3) is 0 Å². The lowest BCUT2D eigenvalue weighted by Crippen LogP contribution is -2.37. The number of hydrogen-bond donors (Lipinski definition) is 3. The second-order valence-electron chi connectivity index (χ2n) is 4.21. The topological polar surface area (TPSA) is 111 Å². The smallest absolute Gasteiger partial charge is 0.307 e. The highest BCUT2D eigenvalue weighted by molar-refractivity contribution is 5.96. The van der Waals surface area contributed by atoms with E-state index in [1.54, 1.807) is 31.2 Å². The van der Waals surface area contributed by atoms with Gasteiger partial charge in [-0.05, 0) is 31.2 Å². The Morgan fingerprint density at radius 3 is 2.43 bits per heavy atom. The minimum absolute atomic E-state index is 0.103. The molecule has 0 unspecified atom stereocenters. The predicted molar refractivity (Wildman–Crippen MR) is 77.4 cm³/mol. The Balaban J connectivity index is 2.25. The molecule has 0 heterocycles. The molecule has 0 fully saturated rings. The van der Waals surface area contributed by atoms with Crippen LogP contribution >= 0.6 is 0 Å². The van der Waals surface area contributed by atoms with E-state index in [0.29, 0.717) is 17.9 Å². The van der Waals surface area contributed by atoms with Crippen LogP contribution in [0, 0.1) is 0 Å². The number of benzene rings is 1. The van der Waals surface area contributed by atoms with Gasteiger partial charge >= 0.3 is 5.97 Å². The SMILES string of the molecule is CCOC(=O)CCNC(=O)CNC(=O)c1ccc(N)cc1. The lowest BCUT2D eigenvalue weighted by atomic mass is 10.2. The monoisotopic (exact) mass is 293 g/mol. The molecule has 0 aliphatic rings. The van der Waals surface area contributed by atoms with Crippen molar-refractivity contribution in [2.24, 2.45) is 0 Å². The number of nitrogen functional groups attached to an aromatic ring is 1. The van der Waals surface area contributed by atoms with E-state index in [1.165, 1.54) is 0 Å². The molecule has 4 N–H and O–H groups in total. The van der Waals surface area contributed by atoms with Gasteiger partial charge < -0.3 is 21.1 Å². The average Bonchev–Trinajstić information content (AvgIpc) is 2.46. The maximum absolute atomic E-state index is 11.7. The highest BCUT2D eigenvalue weighted by Gasteiger charge is 2.08. The molecule has 2 amide bonds. The highest BCUT2D eigenvalue weighted by atomic mass is 16.5. The fourth-order valence-corrected chi connectivity index (χ4v) is 1.50. The van der Waals surface area contributed by atoms with Gasteiger partial charge in [-0.2, -0.15) is 0 Å². The van der Waals surface area contributed by atoms with Gasteiger partial charge in [0.15, 0.2) is 0 Å². The number of carbonyl (C=O) groups excluding carboxylic acids is 3. The van der Waals surface area contributed by atoms with Gasteiger partial charge in [-0.3, -0.25) is 14.4 Å². The molecule has 0 radical (unpaired) electrons. The highest BCUT2D eigenvalue weighted by Crippen LogP contribution is 2.04. The van der Waals surface area contributed by atoms with Gasteiger partial charge in [-0.1, -0.05) is 0 Å². The maximum atomic E-state index is 11.7. The Morgan fingerprint density at radius 2 is 1.81 bits per heavy atom. The first-order chi connectivity index (χ1) is 10.0. The third-order valence-corrected chi connectivity index (χ3v) is 2.54. The van der Waals surface area contributed by atoms with Gasteiger partial charge in [0.2, 0.25) is 5.91 Å². The van der Waals surface area contributed by atoms with E-state index < -0.39 is 0 Å². The van der Waals surface area contributed by atoms with Gasteiger partial charge in [0, 0.05) is 17.8 Å². The van der Waals surface area contributed by atoms with Crippen LogP contribution in [0.15, 0.2) is 24.3 Å². The van der Waals surface area contributed by atoms with Gasteiger partial charge in [0.05, 0.1) is 19.6 Å². The van der Waals surface area contributed by atoms with Gasteiger partial charge in [0.1, 0.15) is 0 Å². The number of carbonyl (C=O) groups is 3. The first kappa shape index (κ1) is 16.5. The summed E-state index contributed by atoms with van der Waals surface area (Å²) in [5, 5.41) is 4.99. The fraction of sp³-hybridized carbons (Fsp3) is 0.357. The van der Waals surface area contributed by atoms with Crippen molar-refractivity contribution in [1.29, 1.82) is 0 Å². The molecular formula is C14H19N3O4. The molecule has 0 saturated heterocycles. The summed E-state index contributed by atoms with van der Waals surface area (Å²) in [7, 11) is 0. The quantitative estimate of drug-likeness (QED) is 0.486. The Bertz CT molecular complexity index is 499. The molecule has 0 saturated carbocycles. The maximum Gasteiger partial charge on any atom is 0.307 e. The second kappa shape index (κ2) is 8.57. The first-order valence-corrected chi connectivity index (χ1v) is 6.59. The molecule has 0 aliphatic heterocycles. The summed E-state index contributed by atoms with van der Waals surface area (Å²) in [4.78, 5) is 34.2. The zero-order chi connectivity index (χ0) is 15.7. The summed E-state index contributed by atoms with van der Waals surface area (Å²) in [5.74, 6) is -1.11. The van der Waals surface area contributed by atoms with Crippen molar-refractivity contribution in [1.82, 2.24) is 10.6 Å². The van der Waals surface area contributed by atoms with E-state index in [9.17, 15) is 14.4 Å². The molecule has 1 aromatic rings. The van der Waals surface area contributed by atoms with Crippen LogP contribution in [0.5, 0.6) is 0 Å². The number of rotatable bonds is 7. The van der Waals surface area contributed by atoms with Crippen molar-refractivity contribution in [3.8, 4) is 0 Å². The van der Waals surface area contributed by atoms with Gasteiger partial charge in [-0.25, -0.2) is 0 Å². The molecule has 0 aliphatic carbocycles. The van der Waals surface area contributed by atoms with Crippen LogP contribution in [-0.2, 0) is 14.3 Å². The zero-order valence-electron chi connectivity index (χ0n) is 11.8. The van der Waals surface area contributed by atoms with E-state index >= 15 is 0 Å². The minimum atomic E-state index is -0.372. The molecule has 0 atom stereocenters. The molecule has 0 bridgehead atoms. The van der Waals surface area contributed by atoms with E-state index in [2.05, 4.69) is 10.6 Å². The summed E-state index contributed by atoms with van der Waals surface area (Å²) >= 11 is 0. The van der Waals surface area contributed by atoms with E-state index in [-0.39, 0.29) is 37.3 Å². The number of ether oxygens (including phenoxy) is 1. The molecule has 1 rings (SSSR count).